The Hall–Kier alpha value is -0.220. The Kier molecular flexibility index (Phi) is 5.33. The highest BCUT2D eigenvalue weighted by Crippen LogP contribution is 2.10. The van der Waals surface area contributed by atoms with Gasteiger partial charge in [0, 0.05) is 0 Å². The molecule has 0 radical (unpaired) electrons. The molecule has 0 saturated carbocycles. The summed E-state index contributed by atoms with van der Waals surface area (Å²) in [6.45, 7) is 4.73. The molecule has 0 aromatic heterocycles. The molecule has 0 aromatic carbocycles. The van der Waals surface area contributed by atoms with Gasteiger partial charge in [-0.1, -0.05) is 0 Å². The van der Waals surface area contributed by atoms with Gasteiger partial charge in [-0.2, -0.15) is 0 Å². The van der Waals surface area contributed by atoms with Crippen LogP contribution in [0, 0.1) is 0 Å². The van der Waals surface area contributed by atoms with Crippen LogP contribution in [0.2, 0.25) is 0 Å². The molecular formula is C7H17NO6S2. The Morgan fingerprint density at radius 3 is 1.88 bits per heavy atom. The van der Waals surface area contributed by atoms with Crippen molar-refractivity contribution >= 4 is 20.2 Å². The Balaban J connectivity index is 0.000000385. The molecular weight excluding hydrogens is 258 g/mol. The van der Waals surface area contributed by atoms with Gasteiger partial charge in [-0.05, 0) is 6.92 Å². The van der Waals surface area contributed by atoms with E-state index in [1.54, 1.807) is 0 Å². The van der Waals surface area contributed by atoms with Gasteiger partial charge in [-0.25, -0.2) is 16.8 Å². The van der Waals surface area contributed by atoms with E-state index in [2.05, 4.69) is 14.0 Å². The summed E-state index contributed by atoms with van der Waals surface area (Å²) < 4.78 is 55.8. The first-order valence-electron chi connectivity index (χ1n) is 4.70. The molecule has 1 saturated heterocycles. The van der Waals surface area contributed by atoms with E-state index in [1.807, 2.05) is 0 Å². The maximum Gasteiger partial charge on any atom is 0.215 e. The number of hydrogen-bond acceptors (Lipinski definition) is 5. The molecule has 7 nitrogen and oxygen atoms in total. The molecule has 0 unspecified atom stereocenters. The largest absolute Gasteiger partial charge is 0.726 e. The molecule has 16 heavy (non-hydrogen) atoms. The van der Waals surface area contributed by atoms with Crippen molar-refractivity contribution in [2.45, 2.75) is 6.92 Å². The number of rotatable bonds is 1. The van der Waals surface area contributed by atoms with Crippen LogP contribution in [0.3, 0.4) is 0 Å². The fourth-order valence-corrected chi connectivity index (χ4v) is 2.89. The van der Waals surface area contributed by atoms with Crippen LogP contribution < -0.4 is 0 Å². The lowest BCUT2D eigenvalue weighted by atomic mass is 10.4. The first-order chi connectivity index (χ1) is 6.97. The van der Waals surface area contributed by atoms with Crippen molar-refractivity contribution in [2.24, 2.45) is 0 Å². The second-order valence-electron chi connectivity index (χ2n) is 3.96. The van der Waals surface area contributed by atoms with Crippen LogP contribution in [0.1, 0.15) is 6.92 Å². The number of nitrogens with zero attached hydrogens (tertiary/aromatic N) is 1. The van der Waals surface area contributed by atoms with E-state index in [-0.39, 0.29) is 0 Å². The number of sulfone groups is 1. The quantitative estimate of drug-likeness (QED) is 0.369. The van der Waals surface area contributed by atoms with Crippen molar-refractivity contribution < 1.29 is 30.4 Å². The predicted octanol–water partition coefficient (Wildman–Crippen LogP) is -1.11. The fraction of sp³-hybridized carbons (Fsp3) is 1.00. The zero-order chi connectivity index (χ0) is 13.0. The van der Waals surface area contributed by atoms with Crippen molar-refractivity contribution in [1.29, 1.82) is 0 Å². The summed E-state index contributed by atoms with van der Waals surface area (Å²) in [5.41, 5.74) is 0. The van der Waals surface area contributed by atoms with Gasteiger partial charge in [-0.15, -0.1) is 0 Å². The molecule has 1 aliphatic rings. The molecule has 98 valence electrons. The fourth-order valence-electron chi connectivity index (χ4n) is 1.25. The van der Waals surface area contributed by atoms with Crippen molar-refractivity contribution in [3.05, 3.63) is 0 Å². The molecule has 0 bridgehead atoms. The van der Waals surface area contributed by atoms with Gasteiger partial charge in [0.25, 0.3) is 0 Å². The molecule has 1 fully saturated rings. The first kappa shape index (κ1) is 15.8. The lowest BCUT2D eigenvalue weighted by Crippen LogP contribution is -2.53. The highest BCUT2D eigenvalue weighted by Gasteiger charge is 2.30. The van der Waals surface area contributed by atoms with Crippen LogP contribution in [0.25, 0.3) is 0 Å². The SMILES string of the molecule is CC[N+]1(C)CCS(=O)(=O)CC1.O=S(=O)([O-])O. The maximum absolute atomic E-state index is 11.0. The Labute approximate surface area is 96.2 Å². The van der Waals surface area contributed by atoms with Gasteiger partial charge < -0.3 is 9.04 Å². The Morgan fingerprint density at radius 2 is 1.62 bits per heavy atom. The van der Waals surface area contributed by atoms with Crippen LogP contribution in [0.5, 0.6) is 0 Å². The van der Waals surface area contributed by atoms with E-state index in [0.717, 1.165) is 24.1 Å². The third kappa shape index (κ3) is 7.99. The summed E-state index contributed by atoms with van der Waals surface area (Å²) in [6.07, 6.45) is 0. The number of quaternary nitrogens is 1. The zero-order valence-corrected chi connectivity index (χ0v) is 10.9. The van der Waals surface area contributed by atoms with Crippen molar-refractivity contribution in [1.82, 2.24) is 0 Å². The van der Waals surface area contributed by atoms with Gasteiger partial charge in [-0.3, -0.25) is 4.55 Å². The average molecular weight is 275 g/mol. The lowest BCUT2D eigenvalue weighted by Gasteiger charge is -2.36. The van der Waals surface area contributed by atoms with E-state index in [4.69, 9.17) is 17.5 Å². The molecule has 1 heterocycles. The number of hydrogen-bond donors (Lipinski definition) is 1. The summed E-state index contributed by atoms with van der Waals surface area (Å²) in [4.78, 5) is 0. The molecule has 9 heteroatoms. The van der Waals surface area contributed by atoms with Gasteiger partial charge >= 0.3 is 0 Å². The summed E-state index contributed by atoms with van der Waals surface area (Å²) in [7, 11) is -5.48. The summed E-state index contributed by atoms with van der Waals surface area (Å²) in [5, 5.41) is 0. The van der Waals surface area contributed by atoms with Crippen LogP contribution >= 0.6 is 0 Å². The Morgan fingerprint density at radius 1 is 1.31 bits per heavy atom. The van der Waals surface area contributed by atoms with Crippen LogP contribution in [0.4, 0.5) is 0 Å². The second kappa shape index (κ2) is 5.41. The standard InChI is InChI=1S/C7H16NO2S.H2O4S/c1-3-8(2)4-6-11(9,10)7-5-8;1-5(2,3)4/h3-7H2,1-2H3;(H2,1,2,3,4)/q+1;/p-1. The van der Waals surface area contributed by atoms with Crippen molar-refractivity contribution in [3.63, 3.8) is 0 Å². The van der Waals surface area contributed by atoms with Gasteiger partial charge in [0.1, 0.15) is 0 Å². The summed E-state index contributed by atoms with van der Waals surface area (Å²) in [6, 6.07) is 0. The molecule has 1 aliphatic heterocycles. The zero-order valence-electron chi connectivity index (χ0n) is 9.29. The van der Waals surface area contributed by atoms with Gasteiger partial charge in [0.05, 0.1) is 38.2 Å². The predicted molar refractivity (Wildman–Crippen MR) is 57.4 cm³/mol. The molecule has 1 rings (SSSR count). The summed E-state index contributed by atoms with van der Waals surface area (Å²) in [5.74, 6) is 0.745. The molecule has 0 spiro atoms. The van der Waals surface area contributed by atoms with Crippen molar-refractivity contribution in [3.8, 4) is 0 Å². The van der Waals surface area contributed by atoms with Crippen LogP contribution in [-0.4, -0.2) is 68.6 Å². The molecule has 1 N–H and O–H groups in total. The van der Waals surface area contributed by atoms with E-state index in [1.165, 1.54) is 0 Å². The maximum atomic E-state index is 11.0. The molecule has 0 amide bonds. The molecule has 0 atom stereocenters. The third-order valence-electron chi connectivity index (χ3n) is 2.65. The first-order valence-corrected chi connectivity index (χ1v) is 7.88. The van der Waals surface area contributed by atoms with E-state index >= 15 is 0 Å². The van der Waals surface area contributed by atoms with E-state index in [9.17, 15) is 8.42 Å². The minimum absolute atomic E-state index is 0.372. The highest BCUT2D eigenvalue weighted by atomic mass is 32.3. The van der Waals surface area contributed by atoms with Gasteiger partial charge in [0.2, 0.25) is 10.4 Å². The summed E-state index contributed by atoms with van der Waals surface area (Å²) >= 11 is 0. The Bertz CT molecular complexity index is 390. The normalized spacial score (nSPS) is 23.0. The molecule has 0 aliphatic carbocycles. The lowest BCUT2D eigenvalue weighted by molar-refractivity contribution is -0.904. The molecule has 0 aromatic rings. The van der Waals surface area contributed by atoms with Gasteiger partial charge in [0.15, 0.2) is 9.84 Å². The second-order valence-corrected chi connectivity index (χ2v) is 7.12. The van der Waals surface area contributed by atoms with E-state index in [0.29, 0.717) is 11.5 Å². The monoisotopic (exact) mass is 275 g/mol. The average Bonchev–Trinajstić information content (AvgIpc) is 2.08. The highest BCUT2D eigenvalue weighted by molar-refractivity contribution is 7.91. The van der Waals surface area contributed by atoms with Crippen LogP contribution in [0.15, 0.2) is 0 Å². The van der Waals surface area contributed by atoms with Crippen molar-refractivity contribution in [2.75, 3.05) is 38.2 Å². The third-order valence-corrected chi connectivity index (χ3v) is 4.26. The van der Waals surface area contributed by atoms with E-state index < -0.39 is 20.2 Å². The minimum atomic E-state index is -4.92. The van der Waals surface area contributed by atoms with Crippen LogP contribution in [-0.2, 0) is 20.2 Å². The smallest absolute Gasteiger partial charge is 0.215 e. The minimum Gasteiger partial charge on any atom is -0.726 e. The topological polar surface area (TPSA) is 112 Å².